The van der Waals surface area contributed by atoms with Gasteiger partial charge in [0.15, 0.2) is 0 Å². The van der Waals surface area contributed by atoms with Gasteiger partial charge in [-0.2, -0.15) is 4.98 Å². The average molecular weight is 640 g/mol. The molecule has 0 saturated carbocycles. The van der Waals surface area contributed by atoms with Crippen LogP contribution >= 0.6 is 7.14 Å². The molecule has 0 atom stereocenters. The minimum atomic E-state index is -2.73. The number of fused-ring (bicyclic) bond motifs is 1. The molecular weight excluding hydrogens is 593 g/mol. The zero-order chi connectivity index (χ0) is 32.4. The number of piperidine rings is 1. The summed E-state index contributed by atoms with van der Waals surface area (Å²) in [6.07, 6.45) is 10.1. The normalized spacial score (nSPS) is 16.9. The highest BCUT2D eigenvalue weighted by atomic mass is 31.2. The van der Waals surface area contributed by atoms with E-state index in [0.717, 1.165) is 36.3 Å². The Morgan fingerprint density at radius 3 is 2.41 bits per heavy atom. The maximum absolute atomic E-state index is 13.5. The molecule has 0 spiro atoms. The summed E-state index contributed by atoms with van der Waals surface area (Å²) in [7, 11) is -0.509. The van der Waals surface area contributed by atoms with Crippen LogP contribution in [-0.2, 0) is 11.0 Å². The lowest BCUT2D eigenvalue weighted by Crippen LogP contribution is -2.52. The van der Waals surface area contributed by atoms with E-state index in [4.69, 9.17) is 4.98 Å². The van der Waals surface area contributed by atoms with Crippen LogP contribution in [0.3, 0.4) is 0 Å². The van der Waals surface area contributed by atoms with Crippen LogP contribution in [0.5, 0.6) is 0 Å². The van der Waals surface area contributed by atoms with Crippen LogP contribution in [-0.4, -0.2) is 95.4 Å². The van der Waals surface area contributed by atoms with Crippen LogP contribution in [0.4, 0.5) is 28.8 Å². The molecule has 0 radical (unpaired) electrons. The first-order valence-electron chi connectivity index (χ1n) is 16.3. The van der Waals surface area contributed by atoms with Crippen molar-refractivity contribution in [1.82, 2.24) is 29.7 Å². The van der Waals surface area contributed by atoms with E-state index in [1.54, 1.807) is 38.0 Å². The van der Waals surface area contributed by atoms with Crippen molar-refractivity contribution < 1.29 is 4.57 Å². The molecule has 2 aliphatic heterocycles. The molecule has 0 unspecified atom stereocenters. The molecule has 0 amide bonds. The van der Waals surface area contributed by atoms with E-state index in [9.17, 15) is 4.57 Å². The highest BCUT2D eigenvalue weighted by Gasteiger charge is 2.28. The lowest BCUT2D eigenvalue weighted by molar-refractivity contribution is 0.0982. The number of nitrogens with one attached hydrogen (secondary N) is 2. The standard InChI is InChI=1S/C35H46N9OP/c1-7-25-22-30(24(3)21-31(25)44-15-11-27(12-16-44)43-19-17-42(4)18-20-43)40-35-38-23-26(8-2)34(41-35)39-29-10-9-28-32(37-14-13-36-28)33(29)46(5,6)45/h8-10,13-14,21-23,27H,2,7,11-12,15-20H2,1,3-6H3,(H2,38,39,40,41). The molecule has 11 heteroatoms. The van der Waals surface area contributed by atoms with E-state index in [-0.39, 0.29) is 0 Å². The molecule has 0 bridgehead atoms. The molecule has 6 rings (SSSR count). The molecule has 0 aliphatic carbocycles. The van der Waals surface area contributed by atoms with Crippen LogP contribution in [0, 0.1) is 6.92 Å². The van der Waals surface area contributed by atoms with Crippen LogP contribution in [0.1, 0.15) is 36.5 Å². The van der Waals surface area contributed by atoms with Crippen LogP contribution in [0.15, 0.2) is 49.4 Å². The first kappa shape index (κ1) is 32.1. The second kappa shape index (κ2) is 13.5. The Kier molecular flexibility index (Phi) is 9.41. The van der Waals surface area contributed by atoms with Crippen molar-refractivity contribution in [3.63, 3.8) is 0 Å². The lowest BCUT2D eigenvalue weighted by atomic mass is 9.98. The number of likely N-dealkylation sites (N-methyl/N-ethyl adjacent to an activating group) is 1. The highest BCUT2D eigenvalue weighted by molar-refractivity contribution is 7.71. The Morgan fingerprint density at radius 1 is 0.978 bits per heavy atom. The molecule has 4 aromatic rings. The number of benzene rings is 2. The summed E-state index contributed by atoms with van der Waals surface area (Å²) < 4.78 is 13.5. The topological polar surface area (TPSA) is 102 Å². The largest absolute Gasteiger partial charge is 0.371 e. The average Bonchev–Trinajstić information content (AvgIpc) is 3.05. The summed E-state index contributed by atoms with van der Waals surface area (Å²) in [5.74, 6) is 1.04. The molecular formula is C35H46N9OP. The van der Waals surface area contributed by atoms with Gasteiger partial charge in [-0.3, -0.25) is 14.9 Å². The number of nitrogens with zero attached hydrogens (tertiary/aromatic N) is 7. The SMILES string of the molecule is C=Cc1cnc(Nc2cc(CC)c(N3CCC(N4CCN(C)CC4)CC3)cc2C)nc1Nc1ccc2nccnc2c1P(C)(C)=O. The van der Waals surface area contributed by atoms with E-state index >= 15 is 0 Å². The minimum absolute atomic E-state index is 0.470. The summed E-state index contributed by atoms with van der Waals surface area (Å²) in [6, 6.07) is 9.02. The molecule has 242 valence electrons. The molecule has 46 heavy (non-hydrogen) atoms. The number of aromatic nitrogens is 4. The van der Waals surface area contributed by atoms with Gasteiger partial charge in [-0.05, 0) is 82.0 Å². The summed E-state index contributed by atoms with van der Waals surface area (Å²) in [5.41, 5.74) is 7.52. The Morgan fingerprint density at radius 2 is 1.72 bits per heavy atom. The van der Waals surface area contributed by atoms with Gasteiger partial charge in [0.1, 0.15) is 18.5 Å². The third-order valence-corrected chi connectivity index (χ3v) is 10.9. The van der Waals surface area contributed by atoms with Gasteiger partial charge in [0.25, 0.3) is 0 Å². The molecule has 2 saturated heterocycles. The molecule has 2 aromatic heterocycles. The van der Waals surface area contributed by atoms with Crippen molar-refractivity contribution >= 4 is 58.4 Å². The predicted octanol–water partition coefficient (Wildman–Crippen LogP) is 5.89. The first-order valence-corrected chi connectivity index (χ1v) is 18.9. The monoisotopic (exact) mass is 639 g/mol. The fourth-order valence-corrected chi connectivity index (χ4v) is 8.12. The van der Waals surface area contributed by atoms with Crippen molar-refractivity contribution in [1.29, 1.82) is 0 Å². The van der Waals surface area contributed by atoms with Gasteiger partial charge in [0, 0.05) is 80.8 Å². The van der Waals surface area contributed by atoms with Gasteiger partial charge in [0.05, 0.1) is 16.5 Å². The second-order valence-electron chi connectivity index (χ2n) is 12.9. The number of anilines is 5. The molecule has 2 aromatic carbocycles. The fraction of sp³-hybridized carbons (Fsp3) is 0.429. The van der Waals surface area contributed by atoms with Crippen LogP contribution < -0.4 is 20.8 Å². The number of hydrogen-bond donors (Lipinski definition) is 2. The van der Waals surface area contributed by atoms with E-state index in [1.165, 1.54) is 50.3 Å². The van der Waals surface area contributed by atoms with Gasteiger partial charge < -0.3 is 25.0 Å². The third kappa shape index (κ3) is 6.80. The van der Waals surface area contributed by atoms with E-state index in [1.807, 2.05) is 12.1 Å². The summed E-state index contributed by atoms with van der Waals surface area (Å²) >= 11 is 0. The molecule has 4 heterocycles. The van der Waals surface area contributed by atoms with Crippen LogP contribution in [0.25, 0.3) is 17.1 Å². The van der Waals surface area contributed by atoms with Gasteiger partial charge in [0.2, 0.25) is 5.95 Å². The Hall–Kier alpha value is -3.85. The number of rotatable bonds is 9. The molecule has 2 N–H and O–H groups in total. The first-order chi connectivity index (χ1) is 22.1. The zero-order valence-corrected chi connectivity index (χ0v) is 28.6. The second-order valence-corrected chi connectivity index (χ2v) is 16.0. The fourth-order valence-electron chi connectivity index (χ4n) is 6.73. The number of hydrogen-bond acceptors (Lipinski definition) is 10. The number of aryl methyl sites for hydroxylation is 2. The third-order valence-electron chi connectivity index (χ3n) is 9.35. The van der Waals surface area contributed by atoms with E-state index in [0.29, 0.717) is 39.8 Å². The van der Waals surface area contributed by atoms with Gasteiger partial charge in [-0.15, -0.1) is 0 Å². The smallest absolute Gasteiger partial charge is 0.229 e. The summed E-state index contributed by atoms with van der Waals surface area (Å²) in [4.78, 5) is 26.1. The quantitative estimate of drug-likeness (QED) is 0.216. The molecule has 2 fully saturated rings. The van der Waals surface area contributed by atoms with Crippen LogP contribution in [0.2, 0.25) is 0 Å². The zero-order valence-electron chi connectivity index (χ0n) is 27.8. The Labute approximate surface area is 272 Å². The Balaban J connectivity index is 1.22. The lowest BCUT2D eigenvalue weighted by Gasteiger charge is -2.43. The maximum atomic E-state index is 13.5. The van der Waals surface area contributed by atoms with Crippen molar-refractivity contribution in [3.8, 4) is 0 Å². The van der Waals surface area contributed by atoms with Crippen molar-refractivity contribution in [2.75, 3.05) is 75.2 Å². The minimum Gasteiger partial charge on any atom is -0.371 e. The number of piperazine rings is 1. The van der Waals surface area contributed by atoms with E-state index < -0.39 is 7.14 Å². The molecule has 2 aliphatic rings. The predicted molar refractivity (Wildman–Crippen MR) is 192 cm³/mol. The van der Waals surface area contributed by atoms with Gasteiger partial charge in [-0.25, -0.2) is 4.98 Å². The highest BCUT2D eigenvalue weighted by Crippen LogP contribution is 2.41. The van der Waals surface area contributed by atoms with E-state index in [2.05, 4.69) is 79.9 Å². The summed E-state index contributed by atoms with van der Waals surface area (Å²) in [6.45, 7) is 18.7. The van der Waals surface area contributed by atoms with Crippen molar-refractivity contribution in [2.24, 2.45) is 0 Å². The molecule has 10 nitrogen and oxygen atoms in total. The Bertz CT molecular complexity index is 1770. The van der Waals surface area contributed by atoms with Gasteiger partial charge >= 0.3 is 0 Å². The van der Waals surface area contributed by atoms with Gasteiger partial charge in [-0.1, -0.05) is 19.6 Å². The summed E-state index contributed by atoms with van der Waals surface area (Å²) in [5, 5.41) is 7.55. The van der Waals surface area contributed by atoms with Crippen molar-refractivity contribution in [3.05, 3.63) is 66.1 Å². The van der Waals surface area contributed by atoms with Crippen molar-refractivity contribution in [2.45, 2.75) is 39.2 Å². The maximum Gasteiger partial charge on any atom is 0.229 e.